The molecule has 1 fully saturated rings. The lowest BCUT2D eigenvalue weighted by atomic mass is 10.1. The molecule has 2 nitrogen and oxygen atoms in total. The van der Waals surface area contributed by atoms with Gasteiger partial charge in [0.2, 0.25) is 0 Å². The molecule has 0 aliphatic carbocycles. The molecule has 0 N–H and O–H groups in total. The van der Waals surface area contributed by atoms with Crippen LogP contribution in [0.5, 0.6) is 0 Å². The Bertz CT molecular complexity index is 143. The topological polar surface area (TPSA) is 12.5 Å². The Kier molecular flexibility index (Phi) is 5.29. The normalized spacial score (nSPS) is 28.4. The average molecular weight is 250 g/mol. The van der Waals surface area contributed by atoms with Crippen molar-refractivity contribution in [2.24, 2.45) is 5.92 Å². The highest BCUT2D eigenvalue weighted by atomic mass is 79.9. The molecule has 1 aliphatic rings. The number of nitrogens with zero attached hydrogens (tertiary/aromatic N) is 1. The van der Waals surface area contributed by atoms with Gasteiger partial charge in [-0.2, -0.15) is 0 Å². The average Bonchev–Trinajstić information content (AvgIpc) is 2.30. The van der Waals surface area contributed by atoms with Gasteiger partial charge in [0.25, 0.3) is 0 Å². The second-order valence-corrected chi connectivity index (χ2v) is 5.24. The van der Waals surface area contributed by atoms with Crippen molar-refractivity contribution in [1.29, 1.82) is 0 Å². The lowest BCUT2D eigenvalue weighted by molar-refractivity contribution is 0.140. The fourth-order valence-corrected chi connectivity index (χ4v) is 2.16. The summed E-state index contributed by atoms with van der Waals surface area (Å²) in [5, 5.41) is 0. The van der Waals surface area contributed by atoms with Crippen molar-refractivity contribution >= 4 is 15.9 Å². The first kappa shape index (κ1) is 11.5. The smallest absolute Gasteiger partial charge is 0.0604 e. The predicted molar refractivity (Wildman–Crippen MR) is 59.4 cm³/mol. The number of rotatable bonds is 3. The van der Waals surface area contributed by atoms with Gasteiger partial charge in [0.1, 0.15) is 0 Å². The van der Waals surface area contributed by atoms with Crippen LogP contribution in [0.15, 0.2) is 0 Å². The van der Waals surface area contributed by atoms with Crippen molar-refractivity contribution in [3.8, 4) is 0 Å². The molecule has 78 valence electrons. The minimum Gasteiger partial charge on any atom is -0.379 e. The third-order valence-corrected chi connectivity index (χ3v) is 3.13. The zero-order chi connectivity index (χ0) is 9.68. The molecule has 2 atom stereocenters. The third-order valence-electron chi connectivity index (χ3n) is 2.57. The van der Waals surface area contributed by atoms with E-state index in [-0.39, 0.29) is 0 Å². The summed E-state index contributed by atoms with van der Waals surface area (Å²) in [6.07, 6.45) is 1.27. The first-order valence-electron chi connectivity index (χ1n) is 5.16. The Morgan fingerprint density at radius 3 is 3.08 bits per heavy atom. The first-order chi connectivity index (χ1) is 6.22. The Morgan fingerprint density at radius 1 is 1.62 bits per heavy atom. The second-order valence-electron chi connectivity index (χ2n) is 3.95. The summed E-state index contributed by atoms with van der Waals surface area (Å²) in [5.74, 6) is 0.804. The van der Waals surface area contributed by atoms with Crippen molar-refractivity contribution in [2.45, 2.75) is 25.1 Å². The lowest BCUT2D eigenvalue weighted by Crippen LogP contribution is -2.33. The molecule has 0 spiro atoms. The molecular weight excluding hydrogens is 230 g/mol. The van der Waals surface area contributed by atoms with Crippen molar-refractivity contribution in [2.75, 3.05) is 32.8 Å². The van der Waals surface area contributed by atoms with Crippen LogP contribution < -0.4 is 0 Å². The van der Waals surface area contributed by atoms with E-state index in [1.807, 2.05) is 0 Å². The molecule has 1 rings (SSSR count). The molecule has 1 aliphatic heterocycles. The Hall–Kier alpha value is 0.400. The number of halogens is 1. The minimum absolute atomic E-state index is 0.513. The van der Waals surface area contributed by atoms with Gasteiger partial charge in [-0.25, -0.2) is 0 Å². The Balaban J connectivity index is 2.30. The van der Waals surface area contributed by atoms with Crippen LogP contribution in [0.1, 0.15) is 20.3 Å². The Labute approximate surface area is 89.8 Å². The first-order valence-corrected chi connectivity index (χ1v) is 6.08. The van der Waals surface area contributed by atoms with Crippen LogP contribution in [-0.4, -0.2) is 42.6 Å². The number of alkyl halides is 1. The van der Waals surface area contributed by atoms with E-state index in [1.54, 1.807) is 0 Å². The molecule has 0 amide bonds. The van der Waals surface area contributed by atoms with Gasteiger partial charge in [-0.1, -0.05) is 36.2 Å². The van der Waals surface area contributed by atoms with Gasteiger partial charge in [-0.15, -0.1) is 0 Å². The van der Waals surface area contributed by atoms with Crippen LogP contribution in [0.4, 0.5) is 0 Å². The van der Waals surface area contributed by atoms with E-state index in [0.717, 1.165) is 32.2 Å². The fraction of sp³-hybridized carbons (Fsp3) is 1.00. The highest BCUT2D eigenvalue weighted by molar-refractivity contribution is 9.09. The highest BCUT2D eigenvalue weighted by Crippen LogP contribution is 2.11. The van der Waals surface area contributed by atoms with E-state index < -0.39 is 0 Å². The summed E-state index contributed by atoms with van der Waals surface area (Å²) in [7, 11) is 0. The summed E-state index contributed by atoms with van der Waals surface area (Å²) in [5.41, 5.74) is 0. The second kappa shape index (κ2) is 5.99. The van der Waals surface area contributed by atoms with Gasteiger partial charge in [0.05, 0.1) is 18.0 Å². The fourth-order valence-electron chi connectivity index (χ4n) is 1.56. The maximum Gasteiger partial charge on any atom is 0.0604 e. The number of hydrogen-bond donors (Lipinski definition) is 0. The molecule has 13 heavy (non-hydrogen) atoms. The van der Waals surface area contributed by atoms with E-state index in [2.05, 4.69) is 34.7 Å². The molecule has 1 saturated heterocycles. The van der Waals surface area contributed by atoms with E-state index in [9.17, 15) is 0 Å². The standard InChI is InChI=1S/C10H20BrNO/c1-3-9(2)6-12-4-5-13-8-10(11)7-12/h9-10H,3-8H2,1-2H3. The third kappa shape index (κ3) is 4.43. The monoisotopic (exact) mass is 249 g/mol. The summed E-state index contributed by atoms with van der Waals surface area (Å²) in [4.78, 5) is 3.01. The molecule has 1 heterocycles. The van der Waals surface area contributed by atoms with Gasteiger partial charge in [0.15, 0.2) is 0 Å². The molecule has 0 bridgehead atoms. The summed E-state index contributed by atoms with van der Waals surface area (Å²) in [6, 6.07) is 0. The van der Waals surface area contributed by atoms with E-state index >= 15 is 0 Å². The molecule has 3 heteroatoms. The minimum atomic E-state index is 0.513. The molecular formula is C10H20BrNO. The zero-order valence-electron chi connectivity index (χ0n) is 8.63. The van der Waals surface area contributed by atoms with Crippen molar-refractivity contribution in [3.63, 3.8) is 0 Å². The van der Waals surface area contributed by atoms with E-state index in [4.69, 9.17) is 4.74 Å². The van der Waals surface area contributed by atoms with Crippen LogP contribution in [0, 0.1) is 5.92 Å². The number of ether oxygens (including phenoxy) is 1. The SMILES string of the molecule is CCC(C)CN1CCOCC(Br)C1. The molecule has 0 radical (unpaired) electrons. The molecule has 0 aromatic heterocycles. The van der Waals surface area contributed by atoms with Crippen LogP contribution >= 0.6 is 15.9 Å². The Morgan fingerprint density at radius 2 is 2.38 bits per heavy atom. The highest BCUT2D eigenvalue weighted by Gasteiger charge is 2.17. The van der Waals surface area contributed by atoms with Gasteiger partial charge < -0.3 is 4.74 Å². The summed E-state index contributed by atoms with van der Waals surface area (Å²) >= 11 is 3.62. The predicted octanol–water partition coefficient (Wildman–Crippen LogP) is 2.13. The van der Waals surface area contributed by atoms with Gasteiger partial charge in [-0.05, 0) is 5.92 Å². The summed E-state index contributed by atoms with van der Waals surface area (Å²) in [6.45, 7) is 9.74. The molecule has 0 aromatic rings. The summed E-state index contributed by atoms with van der Waals surface area (Å²) < 4.78 is 5.46. The van der Waals surface area contributed by atoms with Crippen molar-refractivity contribution in [3.05, 3.63) is 0 Å². The molecule has 2 unspecified atom stereocenters. The van der Waals surface area contributed by atoms with Crippen LogP contribution in [-0.2, 0) is 4.74 Å². The molecule has 0 aromatic carbocycles. The van der Waals surface area contributed by atoms with Crippen LogP contribution in [0.3, 0.4) is 0 Å². The van der Waals surface area contributed by atoms with Gasteiger partial charge >= 0.3 is 0 Å². The largest absolute Gasteiger partial charge is 0.379 e. The lowest BCUT2D eigenvalue weighted by Gasteiger charge is -2.23. The molecule has 0 saturated carbocycles. The van der Waals surface area contributed by atoms with Crippen LogP contribution in [0.2, 0.25) is 0 Å². The zero-order valence-corrected chi connectivity index (χ0v) is 10.2. The van der Waals surface area contributed by atoms with E-state index in [0.29, 0.717) is 4.83 Å². The van der Waals surface area contributed by atoms with Crippen molar-refractivity contribution < 1.29 is 4.74 Å². The van der Waals surface area contributed by atoms with Gasteiger partial charge in [-0.3, -0.25) is 4.90 Å². The maximum absolute atomic E-state index is 5.46. The quantitative estimate of drug-likeness (QED) is 0.711. The van der Waals surface area contributed by atoms with Crippen molar-refractivity contribution in [1.82, 2.24) is 4.90 Å². The maximum atomic E-state index is 5.46. The van der Waals surface area contributed by atoms with Gasteiger partial charge in [0, 0.05) is 19.6 Å². The number of hydrogen-bond acceptors (Lipinski definition) is 2. The van der Waals surface area contributed by atoms with Crippen LogP contribution in [0.25, 0.3) is 0 Å². The van der Waals surface area contributed by atoms with E-state index in [1.165, 1.54) is 13.0 Å².